The van der Waals surface area contributed by atoms with E-state index in [4.69, 9.17) is 5.73 Å². The summed E-state index contributed by atoms with van der Waals surface area (Å²) in [5, 5.41) is 8.72. The summed E-state index contributed by atoms with van der Waals surface area (Å²) in [5.41, 5.74) is 8.97. The highest BCUT2D eigenvalue weighted by molar-refractivity contribution is 5.58. The van der Waals surface area contributed by atoms with Gasteiger partial charge in [0.05, 0.1) is 5.69 Å². The predicted molar refractivity (Wildman–Crippen MR) is 81.0 cm³/mol. The maximum Gasteiger partial charge on any atom is 0.155 e. The Morgan fingerprint density at radius 2 is 1.85 bits per heavy atom. The lowest BCUT2D eigenvalue weighted by molar-refractivity contribution is 0.408. The van der Waals surface area contributed by atoms with Gasteiger partial charge in [0.2, 0.25) is 0 Å². The summed E-state index contributed by atoms with van der Waals surface area (Å²) < 4.78 is 0. The SMILES string of the molecule is CN(c1ccc(CN)cc1)c1ccc(C2CCC2)nn1. The minimum Gasteiger partial charge on any atom is -0.328 e. The van der Waals surface area contributed by atoms with Gasteiger partial charge in [-0.25, -0.2) is 0 Å². The number of aromatic nitrogens is 2. The van der Waals surface area contributed by atoms with Gasteiger partial charge in [-0.1, -0.05) is 18.6 Å². The average Bonchev–Trinajstić information content (AvgIpc) is 2.46. The molecule has 2 N–H and O–H groups in total. The van der Waals surface area contributed by atoms with Crippen LogP contribution >= 0.6 is 0 Å². The van der Waals surface area contributed by atoms with Crippen LogP contribution in [-0.2, 0) is 6.54 Å². The average molecular weight is 268 g/mol. The van der Waals surface area contributed by atoms with Crippen LogP contribution in [0.5, 0.6) is 0 Å². The molecular formula is C16H20N4. The lowest BCUT2D eigenvalue weighted by Crippen LogP contribution is -2.15. The molecule has 0 bridgehead atoms. The third-order valence-electron chi connectivity index (χ3n) is 4.10. The molecule has 1 saturated carbocycles. The monoisotopic (exact) mass is 268 g/mol. The van der Waals surface area contributed by atoms with Crippen LogP contribution in [0.15, 0.2) is 36.4 Å². The molecule has 1 fully saturated rings. The van der Waals surface area contributed by atoms with Gasteiger partial charge in [-0.3, -0.25) is 0 Å². The molecule has 1 aliphatic rings. The van der Waals surface area contributed by atoms with Crippen molar-refractivity contribution < 1.29 is 0 Å². The van der Waals surface area contributed by atoms with Gasteiger partial charge in [0.1, 0.15) is 0 Å². The molecule has 0 radical (unpaired) electrons. The third-order valence-corrected chi connectivity index (χ3v) is 4.10. The number of nitrogens with two attached hydrogens (primary N) is 1. The van der Waals surface area contributed by atoms with E-state index in [2.05, 4.69) is 34.5 Å². The fraction of sp³-hybridized carbons (Fsp3) is 0.375. The molecule has 104 valence electrons. The Kier molecular flexibility index (Phi) is 3.65. The van der Waals surface area contributed by atoms with Gasteiger partial charge in [0, 0.05) is 25.2 Å². The minimum absolute atomic E-state index is 0.569. The molecule has 1 aromatic heterocycles. The molecule has 4 heteroatoms. The zero-order chi connectivity index (χ0) is 13.9. The minimum atomic E-state index is 0.569. The third kappa shape index (κ3) is 2.51. The Morgan fingerprint density at radius 1 is 1.10 bits per heavy atom. The van der Waals surface area contributed by atoms with Crippen molar-refractivity contribution in [3.8, 4) is 0 Å². The van der Waals surface area contributed by atoms with Crippen LogP contribution in [0.25, 0.3) is 0 Å². The van der Waals surface area contributed by atoms with Crippen molar-refractivity contribution in [2.24, 2.45) is 5.73 Å². The van der Waals surface area contributed by atoms with E-state index in [1.54, 1.807) is 0 Å². The van der Waals surface area contributed by atoms with Gasteiger partial charge in [-0.2, -0.15) is 5.10 Å². The number of benzene rings is 1. The van der Waals surface area contributed by atoms with Crippen LogP contribution in [0.3, 0.4) is 0 Å². The van der Waals surface area contributed by atoms with Crippen molar-refractivity contribution in [1.29, 1.82) is 0 Å². The van der Waals surface area contributed by atoms with E-state index in [1.165, 1.54) is 19.3 Å². The Bertz CT molecular complexity index is 558. The molecule has 4 nitrogen and oxygen atoms in total. The summed E-state index contributed by atoms with van der Waals surface area (Å²) >= 11 is 0. The van der Waals surface area contributed by atoms with Crippen molar-refractivity contribution in [1.82, 2.24) is 10.2 Å². The first kappa shape index (κ1) is 13.1. The maximum absolute atomic E-state index is 5.61. The highest BCUT2D eigenvalue weighted by atomic mass is 15.2. The van der Waals surface area contributed by atoms with E-state index in [-0.39, 0.29) is 0 Å². The Labute approximate surface area is 119 Å². The zero-order valence-electron chi connectivity index (χ0n) is 11.8. The smallest absolute Gasteiger partial charge is 0.155 e. The Morgan fingerprint density at radius 3 is 2.35 bits per heavy atom. The van der Waals surface area contributed by atoms with Crippen LogP contribution < -0.4 is 10.6 Å². The van der Waals surface area contributed by atoms with Crippen LogP contribution in [-0.4, -0.2) is 17.2 Å². The lowest BCUT2D eigenvalue weighted by Gasteiger charge is -2.25. The van der Waals surface area contributed by atoms with E-state index < -0.39 is 0 Å². The van der Waals surface area contributed by atoms with E-state index in [0.717, 1.165) is 22.8 Å². The van der Waals surface area contributed by atoms with Crippen molar-refractivity contribution in [3.63, 3.8) is 0 Å². The van der Waals surface area contributed by atoms with E-state index in [1.807, 2.05) is 24.1 Å². The second-order valence-electron chi connectivity index (χ2n) is 5.37. The molecule has 1 aromatic carbocycles. The van der Waals surface area contributed by atoms with Crippen molar-refractivity contribution in [2.75, 3.05) is 11.9 Å². The predicted octanol–water partition coefficient (Wildman–Crippen LogP) is 2.97. The molecule has 1 aliphatic carbocycles. The summed E-state index contributed by atoms with van der Waals surface area (Å²) in [4.78, 5) is 2.04. The van der Waals surface area contributed by atoms with Gasteiger partial charge >= 0.3 is 0 Å². The van der Waals surface area contributed by atoms with Gasteiger partial charge in [-0.05, 0) is 42.7 Å². The molecule has 0 spiro atoms. The van der Waals surface area contributed by atoms with Crippen molar-refractivity contribution in [2.45, 2.75) is 31.7 Å². The molecule has 0 saturated heterocycles. The van der Waals surface area contributed by atoms with Gasteiger partial charge in [0.15, 0.2) is 5.82 Å². The first-order chi connectivity index (χ1) is 9.78. The van der Waals surface area contributed by atoms with Crippen LogP contribution in [0.4, 0.5) is 11.5 Å². The fourth-order valence-corrected chi connectivity index (χ4v) is 2.42. The van der Waals surface area contributed by atoms with Gasteiger partial charge in [-0.15, -0.1) is 5.10 Å². The van der Waals surface area contributed by atoms with E-state index in [9.17, 15) is 0 Å². The highest BCUT2D eigenvalue weighted by Crippen LogP contribution is 2.35. The largest absolute Gasteiger partial charge is 0.328 e. The molecule has 1 heterocycles. The molecule has 0 atom stereocenters. The molecule has 0 amide bonds. The quantitative estimate of drug-likeness (QED) is 0.926. The Balaban J connectivity index is 1.76. The number of hydrogen-bond acceptors (Lipinski definition) is 4. The summed E-state index contributed by atoms with van der Waals surface area (Å²) in [7, 11) is 2.00. The first-order valence-corrected chi connectivity index (χ1v) is 7.14. The molecule has 0 unspecified atom stereocenters. The number of nitrogens with zero attached hydrogens (tertiary/aromatic N) is 3. The van der Waals surface area contributed by atoms with E-state index >= 15 is 0 Å². The number of rotatable bonds is 4. The van der Waals surface area contributed by atoms with Gasteiger partial charge < -0.3 is 10.6 Å². The van der Waals surface area contributed by atoms with Crippen LogP contribution in [0, 0.1) is 0 Å². The maximum atomic E-state index is 5.61. The van der Waals surface area contributed by atoms with Gasteiger partial charge in [0.25, 0.3) is 0 Å². The fourth-order valence-electron chi connectivity index (χ4n) is 2.42. The Hall–Kier alpha value is -1.94. The normalized spacial score (nSPS) is 14.9. The summed E-state index contributed by atoms with van der Waals surface area (Å²) in [5.74, 6) is 1.50. The van der Waals surface area contributed by atoms with Crippen LogP contribution in [0.1, 0.15) is 36.4 Å². The molecule has 0 aliphatic heterocycles. The summed E-state index contributed by atoms with van der Waals surface area (Å²) in [6, 6.07) is 12.4. The van der Waals surface area contributed by atoms with E-state index in [0.29, 0.717) is 12.5 Å². The lowest BCUT2D eigenvalue weighted by atomic mass is 9.83. The molecule has 20 heavy (non-hydrogen) atoms. The molecular weight excluding hydrogens is 248 g/mol. The topological polar surface area (TPSA) is 55.0 Å². The standard InChI is InChI=1S/C16H20N4/c1-20(14-7-5-12(11-17)6-8-14)16-10-9-15(18-19-16)13-3-2-4-13/h5-10,13H,2-4,11,17H2,1H3. The molecule has 3 rings (SSSR count). The second kappa shape index (κ2) is 5.59. The zero-order valence-corrected chi connectivity index (χ0v) is 11.8. The van der Waals surface area contributed by atoms with Crippen molar-refractivity contribution in [3.05, 3.63) is 47.7 Å². The summed E-state index contributed by atoms with van der Waals surface area (Å²) in [6.07, 6.45) is 3.83. The van der Waals surface area contributed by atoms with Crippen LogP contribution in [0.2, 0.25) is 0 Å². The number of anilines is 2. The molecule has 2 aromatic rings. The summed E-state index contributed by atoms with van der Waals surface area (Å²) in [6.45, 7) is 0.569. The number of hydrogen-bond donors (Lipinski definition) is 1. The van der Waals surface area contributed by atoms with Crippen molar-refractivity contribution >= 4 is 11.5 Å². The first-order valence-electron chi connectivity index (χ1n) is 7.14. The highest BCUT2D eigenvalue weighted by Gasteiger charge is 2.21. The second-order valence-corrected chi connectivity index (χ2v) is 5.37.